The average molecular weight is 255 g/mol. The van der Waals surface area contributed by atoms with E-state index in [1.54, 1.807) is 0 Å². The van der Waals surface area contributed by atoms with Gasteiger partial charge in [-0.3, -0.25) is 0 Å². The quantitative estimate of drug-likeness (QED) is 0.785. The van der Waals surface area contributed by atoms with Gasteiger partial charge < -0.3 is 10.6 Å². The number of hydrogen-bond acceptors (Lipinski definition) is 2. The summed E-state index contributed by atoms with van der Waals surface area (Å²) in [5, 5.41) is 0. The Morgan fingerprint density at radius 2 is 1.80 bits per heavy atom. The van der Waals surface area contributed by atoms with E-state index in [2.05, 4.69) is 24.8 Å². The third kappa shape index (κ3) is 8.09. The van der Waals surface area contributed by atoms with Crippen LogP contribution in [0.25, 0.3) is 0 Å². The Balaban J connectivity index is 0. The first kappa shape index (κ1) is 17.6. The number of piperidine rings is 1. The molecule has 0 bridgehead atoms. The molecule has 0 radical (unpaired) electrons. The SMILES string of the molecule is CC(C)=CCCN1CCC(N)CC1.Cl.Cl. The molecule has 0 saturated carbocycles. The van der Waals surface area contributed by atoms with E-state index in [1.165, 1.54) is 44.5 Å². The van der Waals surface area contributed by atoms with Crippen LogP contribution in [0.3, 0.4) is 0 Å². The maximum atomic E-state index is 5.84. The number of allylic oxidation sites excluding steroid dienone is 1. The molecule has 0 atom stereocenters. The van der Waals surface area contributed by atoms with E-state index in [1.807, 2.05) is 0 Å². The van der Waals surface area contributed by atoms with E-state index < -0.39 is 0 Å². The van der Waals surface area contributed by atoms with Gasteiger partial charge in [0.2, 0.25) is 0 Å². The Bertz CT molecular complexity index is 171. The first-order valence-corrected chi connectivity index (χ1v) is 5.30. The zero-order chi connectivity index (χ0) is 9.68. The molecule has 0 unspecified atom stereocenters. The van der Waals surface area contributed by atoms with Crippen molar-refractivity contribution in [3.8, 4) is 0 Å². The molecule has 0 aromatic rings. The fourth-order valence-electron chi connectivity index (χ4n) is 1.71. The van der Waals surface area contributed by atoms with Gasteiger partial charge in [-0.2, -0.15) is 0 Å². The second kappa shape index (κ2) is 9.46. The summed E-state index contributed by atoms with van der Waals surface area (Å²) in [5.41, 5.74) is 7.26. The van der Waals surface area contributed by atoms with Crippen LogP contribution in [-0.4, -0.2) is 30.6 Å². The molecule has 1 aliphatic rings. The van der Waals surface area contributed by atoms with Crippen molar-refractivity contribution >= 4 is 24.8 Å². The lowest BCUT2D eigenvalue weighted by atomic mass is 10.1. The molecule has 1 fully saturated rings. The van der Waals surface area contributed by atoms with E-state index in [0.29, 0.717) is 6.04 Å². The molecule has 1 heterocycles. The number of nitrogens with zero attached hydrogens (tertiary/aromatic N) is 1. The van der Waals surface area contributed by atoms with Crippen molar-refractivity contribution in [1.82, 2.24) is 4.90 Å². The monoisotopic (exact) mass is 254 g/mol. The van der Waals surface area contributed by atoms with E-state index in [-0.39, 0.29) is 24.8 Å². The van der Waals surface area contributed by atoms with Gasteiger partial charge in [-0.15, -0.1) is 24.8 Å². The highest BCUT2D eigenvalue weighted by Gasteiger charge is 2.14. The van der Waals surface area contributed by atoms with Crippen LogP contribution in [0.5, 0.6) is 0 Å². The summed E-state index contributed by atoms with van der Waals surface area (Å²) < 4.78 is 0. The van der Waals surface area contributed by atoms with E-state index in [0.717, 1.165) is 0 Å². The standard InChI is InChI=1S/C11H22N2.2ClH/c1-10(2)4-3-7-13-8-5-11(12)6-9-13;;/h4,11H,3,5-9,12H2,1-2H3;2*1H. The summed E-state index contributed by atoms with van der Waals surface area (Å²) in [4.78, 5) is 2.52. The minimum atomic E-state index is 0. The van der Waals surface area contributed by atoms with Crippen molar-refractivity contribution in [3.63, 3.8) is 0 Å². The fourth-order valence-corrected chi connectivity index (χ4v) is 1.71. The minimum Gasteiger partial charge on any atom is -0.328 e. The molecular formula is C11H24Cl2N2. The molecule has 2 N–H and O–H groups in total. The molecule has 1 aliphatic heterocycles. The van der Waals surface area contributed by atoms with Gasteiger partial charge in [-0.1, -0.05) is 11.6 Å². The summed E-state index contributed by atoms with van der Waals surface area (Å²) in [6, 6.07) is 0.458. The largest absolute Gasteiger partial charge is 0.328 e. The number of likely N-dealkylation sites (tertiary alicyclic amines) is 1. The van der Waals surface area contributed by atoms with Crippen LogP contribution in [0.1, 0.15) is 33.1 Å². The predicted molar refractivity (Wildman–Crippen MR) is 72.2 cm³/mol. The summed E-state index contributed by atoms with van der Waals surface area (Å²) in [7, 11) is 0. The van der Waals surface area contributed by atoms with Crippen LogP contribution in [-0.2, 0) is 0 Å². The second-order valence-corrected chi connectivity index (χ2v) is 4.25. The smallest absolute Gasteiger partial charge is 0.00631 e. The maximum absolute atomic E-state index is 5.84. The number of halogens is 2. The molecule has 15 heavy (non-hydrogen) atoms. The van der Waals surface area contributed by atoms with Gasteiger partial charge in [0.15, 0.2) is 0 Å². The number of rotatable bonds is 3. The summed E-state index contributed by atoms with van der Waals surface area (Å²) in [5.74, 6) is 0. The Hall–Kier alpha value is 0.240. The van der Waals surface area contributed by atoms with E-state index >= 15 is 0 Å². The lowest BCUT2D eigenvalue weighted by Gasteiger charge is -2.29. The van der Waals surface area contributed by atoms with Crippen LogP contribution in [0, 0.1) is 0 Å². The van der Waals surface area contributed by atoms with Crippen molar-refractivity contribution < 1.29 is 0 Å². The van der Waals surface area contributed by atoms with Gasteiger partial charge in [0, 0.05) is 12.6 Å². The van der Waals surface area contributed by atoms with Crippen LogP contribution in [0.4, 0.5) is 0 Å². The normalized spacial score (nSPS) is 17.5. The zero-order valence-electron chi connectivity index (χ0n) is 9.74. The molecule has 1 rings (SSSR count). The Morgan fingerprint density at radius 3 is 2.27 bits per heavy atom. The predicted octanol–water partition coefficient (Wildman–Crippen LogP) is 2.61. The fraction of sp³-hybridized carbons (Fsp3) is 0.818. The van der Waals surface area contributed by atoms with E-state index in [9.17, 15) is 0 Å². The van der Waals surface area contributed by atoms with E-state index in [4.69, 9.17) is 5.73 Å². The highest BCUT2D eigenvalue weighted by molar-refractivity contribution is 5.85. The Kier molecular flexibility index (Phi) is 11.1. The van der Waals surface area contributed by atoms with Crippen LogP contribution >= 0.6 is 24.8 Å². The molecule has 0 aromatic heterocycles. The summed E-state index contributed by atoms with van der Waals surface area (Å²) in [6.07, 6.45) is 5.86. The van der Waals surface area contributed by atoms with Crippen molar-refractivity contribution in [3.05, 3.63) is 11.6 Å². The first-order valence-electron chi connectivity index (χ1n) is 5.30. The van der Waals surface area contributed by atoms with Crippen molar-refractivity contribution in [2.75, 3.05) is 19.6 Å². The van der Waals surface area contributed by atoms with Gasteiger partial charge >= 0.3 is 0 Å². The molecule has 0 amide bonds. The van der Waals surface area contributed by atoms with Gasteiger partial charge in [-0.05, 0) is 46.2 Å². The van der Waals surface area contributed by atoms with Crippen LogP contribution < -0.4 is 5.73 Å². The van der Waals surface area contributed by atoms with Crippen LogP contribution in [0.15, 0.2) is 11.6 Å². The third-order valence-electron chi connectivity index (χ3n) is 2.63. The van der Waals surface area contributed by atoms with Crippen LogP contribution in [0.2, 0.25) is 0 Å². The lowest BCUT2D eigenvalue weighted by molar-refractivity contribution is 0.217. The van der Waals surface area contributed by atoms with Gasteiger partial charge in [0.25, 0.3) is 0 Å². The maximum Gasteiger partial charge on any atom is 0.00631 e. The molecular weight excluding hydrogens is 231 g/mol. The van der Waals surface area contributed by atoms with Gasteiger partial charge in [-0.25, -0.2) is 0 Å². The molecule has 2 nitrogen and oxygen atoms in total. The molecule has 0 spiro atoms. The molecule has 0 aliphatic carbocycles. The lowest BCUT2D eigenvalue weighted by Crippen LogP contribution is -2.39. The number of nitrogens with two attached hydrogens (primary N) is 1. The second-order valence-electron chi connectivity index (χ2n) is 4.25. The summed E-state index contributed by atoms with van der Waals surface area (Å²) in [6.45, 7) is 7.91. The molecule has 0 aromatic carbocycles. The molecule has 1 saturated heterocycles. The highest BCUT2D eigenvalue weighted by Crippen LogP contribution is 2.08. The third-order valence-corrected chi connectivity index (χ3v) is 2.63. The molecule has 4 heteroatoms. The van der Waals surface area contributed by atoms with Crippen molar-refractivity contribution in [2.45, 2.75) is 39.2 Å². The molecule has 92 valence electrons. The summed E-state index contributed by atoms with van der Waals surface area (Å²) >= 11 is 0. The first-order chi connectivity index (χ1) is 6.18. The Morgan fingerprint density at radius 1 is 1.27 bits per heavy atom. The Labute approximate surface area is 106 Å². The number of hydrogen-bond donors (Lipinski definition) is 1. The van der Waals surface area contributed by atoms with Crippen molar-refractivity contribution in [1.29, 1.82) is 0 Å². The van der Waals surface area contributed by atoms with Gasteiger partial charge in [0.05, 0.1) is 0 Å². The highest BCUT2D eigenvalue weighted by atomic mass is 35.5. The zero-order valence-corrected chi connectivity index (χ0v) is 11.4. The van der Waals surface area contributed by atoms with Crippen molar-refractivity contribution in [2.24, 2.45) is 5.73 Å². The van der Waals surface area contributed by atoms with Gasteiger partial charge in [0.1, 0.15) is 0 Å². The topological polar surface area (TPSA) is 29.3 Å². The average Bonchev–Trinajstić information content (AvgIpc) is 2.08. The minimum absolute atomic E-state index is 0.